The van der Waals surface area contributed by atoms with Crippen molar-refractivity contribution in [2.45, 2.75) is 24.6 Å². The number of thiazole rings is 1. The van der Waals surface area contributed by atoms with Crippen LogP contribution in [0, 0.1) is 5.92 Å². The maximum Gasteiger partial charge on any atom is 0.258 e. The SMILES string of the molecule is O=C(CSCc1cc(=O)n2ccsc2n1)NC(c1ccccc1)C1CC1. The topological polar surface area (TPSA) is 63.5 Å². The Morgan fingerprint density at radius 3 is 2.92 bits per heavy atom. The van der Waals surface area contributed by atoms with Gasteiger partial charge in [0, 0.05) is 23.4 Å². The molecule has 134 valence electrons. The molecule has 1 amide bonds. The third-order valence-corrected chi connectivity index (χ3v) is 6.13. The number of amides is 1. The van der Waals surface area contributed by atoms with Crippen LogP contribution in [0.2, 0.25) is 0 Å². The van der Waals surface area contributed by atoms with E-state index in [1.54, 1.807) is 12.3 Å². The van der Waals surface area contributed by atoms with Gasteiger partial charge in [-0.1, -0.05) is 30.3 Å². The van der Waals surface area contributed by atoms with Crippen molar-refractivity contribution >= 4 is 34.0 Å². The molecule has 1 aliphatic rings. The lowest BCUT2D eigenvalue weighted by atomic mass is 10.0. The summed E-state index contributed by atoms with van der Waals surface area (Å²) in [6.07, 6.45) is 4.06. The van der Waals surface area contributed by atoms with Crippen molar-refractivity contribution in [2.24, 2.45) is 5.92 Å². The first-order valence-electron chi connectivity index (χ1n) is 8.58. The molecular weight excluding hydrogens is 366 g/mol. The molecule has 1 saturated carbocycles. The summed E-state index contributed by atoms with van der Waals surface area (Å²) < 4.78 is 1.53. The van der Waals surface area contributed by atoms with Gasteiger partial charge in [-0.2, -0.15) is 0 Å². The highest BCUT2D eigenvalue weighted by Crippen LogP contribution is 2.40. The fourth-order valence-corrected chi connectivity index (χ4v) is 4.45. The van der Waals surface area contributed by atoms with Crippen LogP contribution in [0.25, 0.3) is 4.96 Å². The molecular formula is C19H19N3O2S2. The zero-order valence-electron chi connectivity index (χ0n) is 14.1. The van der Waals surface area contributed by atoms with Crippen LogP contribution in [0.3, 0.4) is 0 Å². The van der Waals surface area contributed by atoms with Crippen LogP contribution in [0.1, 0.15) is 30.1 Å². The molecule has 0 bridgehead atoms. The van der Waals surface area contributed by atoms with E-state index in [-0.39, 0.29) is 17.5 Å². The lowest BCUT2D eigenvalue weighted by molar-refractivity contribution is -0.119. The number of nitrogens with zero attached hydrogens (tertiary/aromatic N) is 2. The second kappa shape index (κ2) is 7.63. The van der Waals surface area contributed by atoms with Crippen molar-refractivity contribution in [1.29, 1.82) is 0 Å². The van der Waals surface area contributed by atoms with Crippen LogP contribution < -0.4 is 10.9 Å². The number of hydrogen-bond acceptors (Lipinski definition) is 5. The average Bonchev–Trinajstić information content (AvgIpc) is 3.37. The van der Waals surface area contributed by atoms with Crippen LogP contribution in [0.15, 0.2) is 52.8 Å². The minimum absolute atomic E-state index is 0.0321. The first kappa shape index (κ1) is 17.3. The predicted octanol–water partition coefficient (Wildman–Crippen LogP) is 3.26. The molecule has 7 heteroatoms. The van der Waals surface area contributed by atoms with Gasteiger partial charge in [-0.05, 0) is 24.3 Å². The number of nitrogens with one attached hydrogen (secondary N) is 1. The van der Waals surface area contributed by atoms with Crippen molar-refractivity contribution in [3.8, 4) is 0 Å². The molecule has 5 nitrogen and oxygen atoms in total. The molecule has 0 aliphatic heterocycles. The quantitative estimate of drug-likeness (QED) is 0.678. The van der Waals surface area contributed by atoms with Gasteiger partial charge in [-0.15, -0.1) is 23.1 Å². The van der Waals surface area contributed by atoms with Crippen molar-refractivity contribution < 1.29 is 4.79 Å². The summed E-state index contributed by atoms with van der Waals surface area (Å²) in [6.45, 7) is 0. The van der Waals surface area contributed by atoms with Gasteiger partial charge in [0.15, 0.2) is 4.96 Å². The maximum absolute atomic E-state index is 12.4. The van der Waals surface area contributed by atoms with Crippen molar-refractivity contribution in [1.82, 2.24) is 14.7 Å². The van der Waals surface area contributed by atoms with Gasteiger partial charge < -0.3 is 5.32 Å². The summed E-state index contributed by atoms with van der Waals surface area (Å²) in [5.41, 5.74) is 1.82. The van der Waals surface area contributed by atoms with Gasteiger partial charge in [-0.3, -0.25) is 14.0 Å². The first-order chi connectivity index (χ1) is 12.7. The second-order valence-corrected chi connectivity index (χ2v) is 8.29. The van der Waals surface area contributed by atoms with E-state index in [4.69, 9.17) is 0 Å². The molecule has 1 unspecified atom stereocenters. The molecule has 0 spiro atoms. The Morgan fingerprint density at radius 1 is 1.35 bits per heavy atom. The lowest BCUT2D eigenvalue weighted by Gasteiger charge is -2.18. The number of rotatable bonds is 7. The molecule has 1 atom stereocenters. The Balaban J connectivity index is 1.34. The van der Waals surface area contributed by atoms with E-state index in [1.165, 1.54) is 45.9 Å². The van der Waals surface area contributed by atoms with Gasteiger partial charge >= 0.3 is 0 Å². The summed E-state index contributed by atoms with van der Waals surface area (Å²) in [5, 5.41) is 5.02. The Hall–Kier alpha value is -2.12. The Labute approximate surface area is 159 Å². The Morgan fingerprint density at radius 2 is 2.15 bits per heavy atom. The van der Waals surface area contributed by atoms with Crippen LogP contribution >= 0.6 is 23.1 Å². The fraction of sp³-hybridized carbons (Fsp3) is 0.316. The smallest absolute Gasteiger partial charge is 0.258 e. The van der Waals surface area contributed by atoms with Gasteiger partial charge in [0.1, 0.15) is 0 Å². The molecule has 1 fully saturated rings. The van der Waals surface area contributed by atoms with Crippen LogP contribution in [-0.4, -0.2) is 21.0 Å². The highest BCUT2D eigenvalue weighted by Gasteiger charge is 2.33. The van der Waals surface area contributed by atoms with E-state index in [9.17, 15) is 9.59 Å². The third kappa shape index (κ3) is 3.99. The molecule has 1 aromatic carbocycles. The summed E-state index contributed by atoms with van der Waals surface area (Å²) in [7, 11) is 0. The van der Waals surface area contributed by atoms with E-state index in [2.05, 4.69) is 22.4 Å². The normalized spacial score (nSPS) is 15.1. The van der Waals surface area contributed by atoms with Crippen molar-refractivity contribution in [2.75, 3.05) is 5.75 Å². The Bertz CT molecular complexity index is 964. The van der Waals surface area contributed by atoms with Crippen molar-refractivity contribution in [3.05, 3.63) is 69.6 Å². The van der Waals surface area contributed by atoms with E-state index in [0.29, 0.717) is 22.4 Å². The molecule has 3 aromatic rings. The number of thioether (sulfide) groups is 1. The standard InChI is InChI=1S/C19H19N3O2S2/c23-16(21-18(14-6-7-14)13-4-2-1-3-5-13)12-25-11-15-10-17(24)22-8-9-26-19(22)20-15/h1-5,8-10,14,18H,6-7,11-12H2,(H,21,23). The number of carbonyl (C=O) groups excluding carboxylic acids is 1. The molecule has 4 rings (SSSR count). The summed E-state index contributed by atoms with van der Waals surface area (Å²) in [5.74, 6) is 1.50. The van der Waals surface area contributed by atoms with Crippen LogP contribution in [0.4, 0.5) is 0 Å². The summed E-state index contributed by atoms with van der Waals surface area (Å²) >= 11 is 2.92. The number of benzene rings is 1. The van der Waals surface area contributed by atoms with E-state index < -0.39 is 0 Å². The largest absolute Gasteiger partial charge is 0.348 e. The number of aromatic nitrogens is 2. The van der Waals surface area contributed by atoms with E-state index in [0.717, 1.165) is 5.69 Å². The summed E-state index contributed by atoms with van der Waals surface area (Å²) in [4.78, 5) is 29.5. The third-order valence-electron chi connectivity index (χ3n) is 4.41. The van der Waals surface area contributed by atoms with Gasteiger partial charge in [0.25, 0.3) is 5.56 Å². The molecule has 0 radical (unpaired) electrons. The predicted molar refractivity (Wildman–Crippen MR) is 106 cm³/mol. The monoisotopic (exact) mass is 385 g/mol. The minimum atomic E-state index is -0.0748. The molecule has 2 heterocycles. The van der Waals surface area contributed by atoms with Gasteiger partial charge in [0.05, 0.1) is 17.5 Å². The second-order valence-electron chi connectivity index (χ2n) is 6.43. The minimum Gasteiger partial charge on any atom is -0.348 e. The first-order valence-corrected chi connectivity index (χ1v) is 10.6. The maximum atomic E-state index is 12.4. The van der Waals surface area contributed by atoms with Gasteiger partial charge in [-0.25, -0.2) is 4.98 Å². The molecule has 26 heavy (non-hydrogen) atoms. The zero-order chi connectivity index (χ0) is 17.9. The average molecular weight is 386 g/mol. The molecule has 2 aromatic heterocycles. The highest BCUT2D eigenvalue weighted by atomic mass is 32.2. The molecule has 1 N–H and O–H groups in total. The lowest BCUT2D eigenvalue weighted by Crippen LogP contribution is -2.31. The highest BCUT2D eigenvalue weighted by molar-refractivity contribution is 7.99. The number of hydrogen-bond donors (Lipinski definition) is 1. The zero-order valence-corrected chi connectivity index (χ0v) is 15.8. The fourth-order valence-electron chi connectivity index (χ4n) is 2.99. The number of carbonyl (C=O) groups is 1. The number of fused-ring (bicyclic) bond motifs is 1. The molecule has 1 aliphatic carbocycles. The van der Waals surface area contributed by atoms with Crippen LogP contribution in [-0.2, 0) is 10.5 Å². The van der Waals surface area contributed by atoms with E-state index in [1.807, 2.05) is 23.6 Å². The van der Waals surface area contributed by atoms with E-state index >= 15 is 0 Å². The Kier molecular flexibility index (Phi) is 5.08. The van der Waals surface area contributed by atoms with Crippen molar-refractivity contribution in [3.63, 3.8) is 0 Å². The van der Waals surface area contributed by atoms with Gasteiger partial charge in [0.2, 0.25) is 5.91 Å². The molecule has 0 saturated heterocycles. The van der Waals surface area contributed by atoms with Crippen LogP contribution in [0.5, 0.6) is 0 Å². The summed E-state index contributed by atoms with van der Waals surface area (Å²) in [6, 6.07) is 11.8.